The topological polar surface area (TPSA) is 81.5 Å². The minimum Gasteiger partial charge on any atom is -0.491 e. The van der Waals surface area contributed by atoms with E-state index >= 15 is 0 Å². The Labute approximate surface area is 138 Å². The van der Waals surface area contributed by atoms with Crippen molar-refractivity contribution in [1.29, 1.82) is 0 Å². The highest BCUT2D eigenvalue weighted by Crippen LogP contribution is 2.27. The van der Waals surface area contributed by atoms with Crippen molar-refractivity contribution in [1.82, 2.24) is 5.32 Å². The van der Waals surface area contributed by atoms with Gasteiger partial charge in [0.05, 0.1) is 21.2 Å². The van der Waals surface area contributed by atoms with Crippen LogP contribution in [0.3, 0.4) is 0 Å². The standard InChI is InChI=1S/C16H18N2O4S/c1-10-5-4-6-11(2)15(10)22-8-7-17-16(19)14-9-13(18(20)21)12(3)23-14/h4-6,9H,7-8H2,1-3H3,(H,17,19). The second-order valence-electron chi connectivity index (χ2n) is 5.13. The summed E-state index contributed by atoms with van der Waals surface area (Å²) in [5.74, 6) is 0.501. The Morgan fingerprint density at radius 2 is 1.96 bits per heavy atom. The van der Waals surface area contributed by atoms with Gasteiger partial charge in [-0.2, -0.15) is 0 Å². The molecule has 0 aliphatic heterocycles. The van der Waals surface area contributed by atoms with Crippen LogP contribution in [0.1, 0.15) is 25.7 Å². The van der Waals surface area contributed by atoms with E-state index in [-0.39, 0.29) is 11.6 Å². The van der Waals surface area contributed by atoms with Gasteiger partial charge in [-0.15, -0.1) is 11.3 Å². The van der Waals surface area contributed by atoms with Crippen LogP contribution < -0.4 is 10.1 Å². The van der Waals surface area contributed by atoms with Crippen molar-refractivity contribution in [3.8, 4) is 5.75 Å². The molecule has 0 saturated heterocycles. The molecule has 2 rings (SSSR count). The number of thiophene rings is 1. The van der Waals surface area contributed by atoms with Gasteiger partial charge < -0.3 is 10.1 Å². The van der Waals surface area contributed by atoms with Gasteiger partial charge in [0.15, 0.2) is 0 Å². The first-order valence-electron chi connectivity index (χ1n) is 7.12. The molecule has 0 saturated carbocycles. The Hall–Kier alpha value is -2.41. The summed E-state index contributed by atoms with van der Waals surface area (Å²) in [5, 5.41) is 13.5. The summed E-state index contributed by atoms with van der Waals surface area (Å²) < 4.78 is 5.70. The largest absolute Gasteiger partial charge is 0.491 e. The molecule has 122 valence electrons. The van der Waals surface area contributed by atoms with E-state index < -0.39 is 4.92 Å². The van der Waals surface area contributed by atoms with E-state index in [9.17, 15) is 14.9 Å². The third kappa shape index (κ3) is 4.07. The Bertz CT molecular complexity index is 719. The third-order valence-electron chi connectivity index (χ3n) is 3.35. The lowest BCUT2D eigenvalue weighted by Crippen LogP contribution is -2.27. The van der Waals surface area contributed by atoms with Crippen molar-refractivity contribution >= 4 is 22.9 Å². The van der Waals surface area contributed by atoms with Crippen LogP contribution in [0.2, 0.25) is 0 Å². The van der Waals surface area contributed by atoms with Gasteiger partial charge in [0.25, 0.3) is 11.6 Å². The van der Waals surface area contributed by atoms with Crippen LogP contribution in [0.5, 0.6) is 5.75 Å². The third-order valence-corrected chi connectivity index (χ3v) is 4.39. The minimum atomic E-state index is -0.479. The van der Waals surface area contributed by atoms with Crippen molar-refractivity contribution in [2.24, 2.45) is 0 Å². The van der Waals surface area contributed by atoms with E-state index in [2.05, 4.69) is 5.32 Å². The van der Waals surface area contributed by atoms with Crippen LogP contribution in [-0.4, -0.2) is 24.0 Å². The van der Waals surface area contributed by atoms with Crippen molar-refractivity contribution in [2.75, 3.05) is 13.2 Å². The fraction of sp³-hybridized carbons (Fsp3) is 0.312. The van der Waals surface area contributed by atoms with Gasteiger partial charge in [-0.1, -0.05) is 18.2 Å². The summed E-state index contributed by atoms with van der Waals surface area (Å²) in [5.41, 5.74) is 2.06. The molecule has 0 radical (unpaired) electrons. The molecule has 0 aliphatic rings. The van der Waals surface area contributed by atoms with Crippen LogP contribution in [0, 0.1) is 30.9 Å². The maximum absolute atomic E-state index is 12.0. The monoisotopic (exact) mass is 334 g/mol. The van der Waals surface area contributed by atoms with Gasteiger partial charge in [-0.3, -0.25) is 14.9 Å². The molecule has 0 unspecified atom stereocenters. The number of aryl methyl sites for hydroxylation is 3. The molecule has 0 bridgehead atoms. The van der Waals surface area contributed by atoms with Gasteiger partial charge in [0.2, 0.25) is 0 Å². The summed E-state index contributed by atoms with van der Waals surface area (Å²) in [6, 6.07) is 7.20. The Balaban J connectivity index is 1.88. The zero-order valence-electron chi connectivity index (χ0n) is 13.2. The first-order valence-corrected chi connectivity index (χ1v) is 7.94. The number of carbonyl (C=O) groups excluding carboxylic acids is 1. The van der Waals surface area contributed by atoms with Gasteiger partial charge in [0.1, 0.15) is 12.4 Å². The lowest BCUT2D eigenvalue weighted by molar-refractivity contribution is -0.385. The number of carbonyl (C=O) groups is 1. The van der Waals surface area contributed by atoms with Crippen molar-refractivity contribution < 1.29 is 14.5 Å². The van der Waals surface area contributed by atoms with E-state index in [0.717, 1.165) is 28.2 Å². The predicted octanol–water partition coefficient (Wildman–Crippen LogP) is 3.39. The number of nitrogens with one attached hydrogen (secondary N) is 1. The number of nitrogens with zero attached hydrogens (tertiary/aromatic N) is 1. The number of hydrogen-bond acceptors (Lipinski definition) is 5. The zero-order valence-corrected chi connectivity index (χ0v) is 14.0. The normalized spacial score (nSPS) is 10.4. The molecule has 0 aliphatic carbocycles. The highest BCUT2D eigenvalue weighted by Gasteiger charge is 2.19. The molecule has 1 heterocycles. The highest BCUT2D eigenvalue weighted by atomic mass is 32.1. The maximum atomic E-state index is 12.0. The summed E-state index contributed by atoms with van der Waals surface area (Å²) in [7, 11) is 0. The molecule has 0 spiro atoms. The smallest absolute Gasteiger partial charge is 0.283 e. The van der Waals surface area contributed by atoms with Gasteiger partial charge in [-0.25, -0.2) is 0 Å². The van der Waals surface area contributed by atoms with Crippen LogP contribution in [0.15, 0.2) is 24.3 Å². The molecule has 1 N–H and O–H groups in total. The fourth-order valence-electron chi connectivity index (χ4n) is 2.20. The number of para-hydroxylation sites is 1. The first-order chi connectivity index (χ1) is 10.9. The van der Waals surface area contributed by atoms with Crippen LogP contribution in [0.25, 0.3) is 0 Å². The highest BCUT2D eigenvalue weighted by molar-refractivity contribution is 7.14. The second-order valence-corrected chi connectivity index (χ2v) is 6.39. The minimum absolute atomic E-state index is 0.0214. The van der Waals surface area contributed by atoms with Crippen LogP contribution in [0.4, 0.5) is 5.69 Å². The van der Waals surface area contributed by atoms with E-state index in [4.69, 9.17) is 4.74 Å². The summed E-state index contributed by atoms with van der Waals surface area (Å²) in [4.78, 5) is 23.2. The number of nitro groups is 1. The van der Waals surface area contributed by atoms with Crippen LogP contribution >= 0.6 is 11.3 Å². The zero-order chi connectivity index (χ0) is 17.0. The van der Waals surface area contributed by atoms with Crippen molar-refractivity contribution in [3.63, 3.8) is 0 Å². The quantitative estimate of drug-likeness (QED) is 0.499. The van der Waals surface area contributed by atoms with E-state index in [1.807, 2.05) is 32.0 Å². The number of rotatable bonds is 6. The van der Waals surface area contributed by atoms with Gasteiger partial charge in [0, 0.05) is 6.07 Å². The summed E-state index contributed by atoms with van der Waals surface area (Å²) >= 11 is 1.12. The fourth-order valence-corrected chi connectivity index (χ4v) is 3.10. The Morgan fingerprint density at radius 1 is 1.30 bits per heavy atom. The predicted molar refractivity (Wildman–Crippen MR) is 89.5 cm³/mol. The molecule has 1 amide bonds. The average Bonchev–Trinajstić information content (AvgIpc) is 2.88. The molecular weight excluding hydrogens is 316 g/mol. The molecule has 0 fully saturated rings. The number of benzene rings is 1. The van der Waals surface area contributed by atoms with Crippen molar-refractivity contribution in [2.45, 2.75) is 20.8 Å². The molecule has 6 nitrogen and oxygen atoms in total. The second kappa shape index (κ2) is 7.23. The Kier molecular flexibility index (Phi) is 5.33. The molecule has 1 aromatic carbocycles. The molecule has 1 aromatic heterocycles. The summed E-state index contributed by atoms with van der Waals surface area (Å²) in [6.07, 6.45) is 0. The van der Waals surface area contributed by atoms with E-state index in [1.54, 1.807) is 6.92 Å². The van der Waals surface area contributed by atoms with Gasteiger partial charge >= 0.3 is 0 Å². The lowest BCUT2D eigenvalue weighted by atomic mass is 10.1. The lowest BCUT2D eigenvalue weighted by Gasteiger charge is -2.12. The average molecular weight is 334 g/mol. The maximum Gasteiger partial charge on any atom is 0.283 e. The molecule has 7 heteroatoms. The Morgan fingerprint density at radius 3 is 2.52 bits per heavy atom. The number of hydrogen-bond donors (Lipinski definition) is 1. The number of amides is 1. The molecule has 23 heavy (non-hydrogen) atoms. The van der Waals surface area contributed by atoms with Crippen molar-refractivity contribution in [3.05, 3.63) is 55.3 Å². The first kappa shape index (κ1) is 17.0. The van der Waals surface area contributed by atoms with Gasteiger partial charge in [-0.05, 0) is 31.9 Å². The molecule has 0 atom stereocenters. The number of ether oxygens (including phenoxy) is 1. The SMILES string of the molecule is Cc1cccc(C)c1OCCNC(=O)c1cc([N+](=O)[O-])c(C)s1. The summed E-state index contributed by atoms with van der Waals surface area (Å²) in [6.45, 7) is 6.23. The molecular formula is C16H18N2O4S. The van der Waals surface area contributed by atoms with E-state index in [0.29, 0.717) is 22.9 Å². The molecule has 2 aromatic rings. The van der Waals surface area contributed by atoms with Crippen LogP contribution in [-0.2, 0) is 0 Å². The van der Waals surface area contributed by atoms with E-state index in [1.165, 1.54) is 6.07 Å².